The Hall–Kier alpha value is -1.14. The summed E-state index contributed by atoms with van der Waals surface area (Å²) in [6.07, 6.45) is 0.279. The summed E-state index contributed by atoms with van der Waals surface area (Å²) in [5, 5.41) is 9.80. The van der Waals surface area contributed by atoms with Gasteiger partial charge >= 0.3 is 4.87 Å². The second-order valence-corrected chi connectivity index (χ2v) is 6.80. The molecule has 0 aliphatic rings. The van der Waals surface area contributed by atoms with E-state index in [2.05, 4.69) is 0 Å². The van der Waals surface area contributed by atoms with E-state index in [9.17, 15) is 14.7 Å². The lowest BCUT2D eigenvalue weighted by Crippen LogP contribution is -2.42. The number of likely N-dealkylation sites (N-methyl/N-ethyl adjacent to an activating group) is 1. The third kappa shape index (κ3) is 4.45. The first-order valence-corrected chi connectivity index (χ1v) is 7.64. The van der Waals surface area contributed by atoms with Crippen LogP contribution in [0.4, 0.5) is 0 Å². The molecule has 114 valence electrons. The first kappa shape index (κ1) is 16.9. The second kappa shape index (κ2) is 6.54. The topological polar surface area (TPSA) is 62.5 Å². The number of carbonyl (C=O) groups is 1. The summed E-state index contributed by atoms with van der Waals surface area (Å²) in [4.78, 5) is 26.5. The predicted molar refractivity (Wildman–Crippen MR) is 81.2 cm³/mol. The maximum absolute atomic E-state index is 12.2. The Kier molecular flexibility index (Phi) is 5.53. The lowest BCUT2D eigenvalue weighted by Gasteiger charge is -2.28. The first-order chi connectivity index (χ1) is 9.15. The number of aryl methyl sites for hydroxylation is 1. The van der Waals surface area contributed by atoms with Gasteiger partial charge in [0.15, 0.2) is 0 Å². The molecular formula is C14H24N2O3S. The molecule has 6 heteroatoms. The Labute approximate surface area is 123 Å². The lowest BCUT2D eigenvalue weighted by atomic mass is 10.1. The number of rotatable bonds is 6. The standard InChI is InChI=1S/C14H24N2O3S/c1-6-15(9-14(4,5)19)12(17)7-8-16-10(2)11(3)20-13(16)18/h19H,6-9H2,1-5H3. The van der Waals surface area contributed by atoms with Gasteiger partial charge in [-0.25, -0.2) is 0 Å². The van der Waals surface area contributed by atoms with Gasteiger partial charge in [0, 0.05) is 36.6 Å². The van der Waals surface area contributed by atoms with Gasteiger partial charge in [-0.3, -0.25) is 9.59 Å². The van der Waals surface area contributed by atoms with Crippen LogP contribution < -0.4 is 4.87 Å². The van der Waals surface area contributed by atoms with Crippen molar-refractivity contribution in [2.45, 2.75) is 53.2 Å². The number of carbonyl (C=O) groups excluding carboxylic acids is 1. The van der Waals surface area contributed by atoms with Crippen LogP contribution in [0.2, 0.25) is 0 Å². The Morgan fingerprint density at radius 2 is 2.00 bits per heavy atom. The van der Waals surface area contributed by atoms with Crippen molar-refractivity contribution in [3.63, 3.8) is 0 Å². The molecule has 1 heterocycles. The van der Waals surface area contributed by atoms with Crippen LogP contribution in [0, 0.1) is 13.8 Å². The van der Waals surface area contributed by atoms with Crippen LogP contribution in [0.5, 0.6) is 0 Å². The molecule has 0 aliphatic heterocycles. The summed E-state index contributed by atoms with van der Waals surface area (Å²) >= 11 is 1.21. The van der Waals surface area contributed by atoms with Crippen LogP contribution in [0.25, 0.3) is 0 Å². The molecule has 0 spiro atoms. The third-order valence-corrected chi connectivity index (χ3v) is 4.23. The van der Waals surface area contributed by atoms with Crippen molar-refractivity contribution in [2.24, 2.45) is 0 Å². The highest BCUT2D eigenvalue weighted by atomic mass is 32.1. The zero-order valence-electron chi connectivity index (χ0n) is 12.9. The number of nitrogens with zero attached hydrogens (tertiary/aromatic N) is 2. The Morgan fingerprint density at radius 1 is 1.40 bits per heavy atom. The maximum Gasteiger partial charge on any atom is 0.307 e. The van der Waals surface area contributed by atoms with Crippen molar-refractivity contribution in [1.29, 1.82) is 0 Å². The monoisotopic (exact) mass is 300 g/mol. The molecule has 0 saturated heterocycles. The molecule has 0 aliphatic carbocycles. The van der Waals surface area contributed by atoms with Crippen molar-refractivity contribution >= 4 is 17.2 Å². The molecule has 0 unspecified atom stereocenters. The summed E-state index contributed by atoms with van der Waals surface area (Å²) in [7, 11) is 0. The molecular weight excluding hydrogens is 276 g/mol. The van der Waals surface area contributed by atoms with Crippen LogP contribution in [0.15, 0.2) is 4.79 Å². The number of amides is 1. The van der Waals surface area contributed by atoms with Crippen molar-refractivity contribution in [2.75, 3.05) is 13.1 Å². The molecule has 1 aromatic heterocycles. The second-order valence-electron chi connectivity index (χ2n) is 5.63. The fraction of sp³-hybridized carbons (Fsp3) is 0.714. The van der Waals surface area contributed by atoms with Gasteiger partial charge in [-0.15, -0.1) is 0 Å². The van der Waals surface area contributed by atoms with E-state index >= 15 is 0 Å². The van der Waals surface area contributed by atoms with Crippen LogP contribution in [0.1, 0.15) is 37.8 Å². The average molecular weight is 300 g/mol. The third-order valence-electron chi connectivity index (χ3n) is 3.24. The Balaban J connectivity index is 2.68. The highest BCUT2D eigenvalue weighted by molar-refractivity contribution is 7.09. The SMILES string of the molecule is CCN(CC(C)(C)O)C(=O)CCn1c(C)c(C)sc1=O. The van der Waals surface area contributed by atoms with E-state index in [1.54, 1.807) is 23.3 Å². The highest BCUT2D eigenvalue weighted by Gasteiger charge is 2.21. The van der Waals surface area contributed by atoms with E-state index in [0.29, 0.717) is 19.6 Å². The van der Waals surface area contributed by atoms with Crippen molar-refractivity contribution in [3.8, 4) is 0 Å². The number of hydrogen-bond donors (Lipinski definition) is 1. The quantitative estimate of drug-likeness (QED) is 0.867. The summed E-state index contributed by atoms with van der Waals surface area (Å²) < 4.78 is 1.65. The smallest absolute Gasteiger partial charge is 0.307 e. The first-order valence-electron chi connectivity index (χ1n) is 6.82. The van der Waals surface area contributed by atoms with Gasteiger partial charge in [0.05, 0.1) is 5.60 Å². The number of aromatic nitrogens is 1. The van der Waals surface area contributed by atoms with Crippen LogP contribution in [-0.4, -0.2) is 39.2 Å². The highest BCUT2D eigenvalue weighted by Crippen LogP contribution is 2.11. The zero-order valence-corrected chi connectivity index (χ0v) is 13.7. The van der Waals surface area contributed by atoms with Crippen molar-refractivity contribution in [1.82, 2.24) is 9.47 Å². The van der Waals surface area contributed by atoms with Crippen LogP contribution >= 0.6 is 11.3 Å². The fourth-order valence-corrected chi connectivity index (χ4v) is 2.91. The molecule has 5 nitrogen and oxygen atoms in total. The molecule has 0 radical (unpaired) electrons. The predicted octanol–water partition coefficient (Wildman–Crippen LogP) is 1.54. The minimum Gasteiger partial charge on any atom is -0.389 e. The van der Waals surface area contributed by atoms with Gasteiger partial charge in [0.2, 0.25) is 5.91 Å². The van der Waals surface area contributed by atoms with Crippen LogP contribution in [0.3, 0.4) is 0 Å². The van der Waals surface area contributed by atoms with E-state index in [-0.39, 0.29) is 17.2 Å². The van der Waals surface area contributed by atoms with Crippen LogP contribution in [-0.2, 0) is 11.3 Å². The van der Waals surface area contributed by atoms with E-state index in [1.807, 2.05) is 20.8 Å². The summed E-state index contributed by atoms with van der Waals surface area (Å²) in [5.74, 6) is -0.0372. The van der Waals surface area contributed by atoms with Gasteiger partial charge in [-0.1, -0.05) is 11.3 Å². The summed E-state index contributed by atoms with van der Waals surface area (Å²) in [6, 6.07) is 0. The van der Waals surface area contributed by atoms with Gasteiger partial charge < -0.3 is 14.6 Å². The van der Waals surface area contributed by atoms with Gasteiger partial charge in [0.1, 0.15) is 0 Å². The molecule has 0 atom stereocenters. The lowest BCUT2D eigenvalue weighted by molar-refractivity contribution is -0.134. The van der Waals surface area contributed by atoms with Crippen molar-refractivity contribution in [3.05, 3.63) is 20.2 Å². The van der Waals surface area contributed by atoms with Crippen molar-refractivity contribution < 1.29 is 9.90 Å². The van der Waals surface area contributed by atoms with Gasteiger partial charge in [-0.05, 0) is 34.6 Å². The zero-order chi connectivity index (χ0) is 15.5. The number of thiazole rings is 1. The maximum atomic E-state index is 12.2. The van der Waals surface area contributed by atoms with E-state index in [1.165, 1.54) is 11.3 Å². The van der Waals surface area contributed by atoms with E-state index in [4.69, 9.17) is 0 Å². The minimum absolute atomic E-state index is 0.0154. The molecule has 1 amide bonds. The van der Waals surface area contributed by atoms with E-state index in [0.717, 1.165) is 10.6 Å². The Bertz CT molecular complexity index is 526. The molecule has 1 rings (SSSR count). The van der Waals surface area contributed by atoms with Gasteiger partial charge in [0.25, 0.3) is 0 Å². The Morgan fingerprint density at radius 3 is 2.40 bits per heavy atom. The molecule has 1 N–H and O–H groups in total. The summed E-state index contributed by atoms with van der Waals surface area (Å²) in [6.45, 7) is 10.3. The number of aliphatic hydroxyl groups is 1. The average Bonchev–Trinajstić information content (AvgIpc) is 2.57. The molecule has 1 aromatic rings. The largest absolute Gasteiger partial charge is 0.389 e. The normalized spacial score (nSPS) is 11.7. The van der Waals surface area contributed by atoms with E-state index < -0.39 is 5.60 Å². The fourth-order valence-electron chi connectivity index (χ4n) is 2.05. The molecule has 0 aromatic carbocycles. The molecule has 0 saturated carbocycles. The number of hydrogen-bond acceptors (Lipinski definition) is 4. The molecule has 0 bridgehead atoms. The molecule has 20 heavy (non-hydrogen) atoms. The molecule has 0 fully saturated rings. The minimum atomic E-state index is -0.905. The summed E-state index contributed by atoms with van der Waals surface area (Å²) in [5.41, 5.74) is 0.0237. The van der Waals surface area contributed by atoms with Gasteiger partial charge in [-0.2, -0.15) is 0 Å².